The first kappa shape index (κ1) is 16.5. The molecule has 3 nitrogen and oxygen atoms in total. The Labute approximate surface area is 115 Å². The summed E-state index contributed by atoms with van der Waals surface area (Å²) in [6, 6.07) is 4.95. The molecule has 20 heavy (non-hydrogen) atoms. The van der Waals surface area contributed by atoms with Gasteiger partial charge in [-0.05, 0) is 18.1 Å². The van der Waals surface area contributed by atoms with Crippen LogP contribution in [0.3, 0.4) is 0 Å². The van der Waals surface area contributed by atoms with Gasteiger partial charge in [0.05, 0.1) is 5.56 Å². The van der Waals surface area contributed by atoms with E-state index in [-0.39, 0.29) is 18.4 Å². The molecule has 0 aliphatic heterocycles. The second-order valence-corrected chi connectivity index (χ2v) is 4.90. The highest BCUT2D eigenvalue weighted by Gasteiger charge is 2.38. The zero-order chi connectivity index (χ0) is 15.4. The maximum absolute atomic E-state index is 12.9. The molecule has 0 spiro atoms. The van der Waals surface area contributed by atoms with Crippen LogP contribution in [0.5, 0.6) is 0 Å². The van der Waals surface area contributed by atoms with Crippen molar-refractivity contribution >= 4 is 5.97 Å². The van der Waals surface area contributed by atoms with Gasteiger partial charge in [0.2, 0.25) is 0 Å². The van der Waals surface area contributed by atoms with Gasteiger partial charge in [0.1, 0.15) is 5.54 Å². The lowest BCUT2D eigenvalue weighted by atomic mass is 9.85. The average molecular weight is 289 g/mol. The highest BCUT2D eigenvalue weighted by atomic mass is 19.4. The Morgan fingerprint density at radius 2 is 1.90 bits per heavy atom. The highest BCUT2D eigenvalue weighted by molar-refractivity contribution is 5.79. The van der Waals surface area contributed by atoms with E-state index in [0.717, 1.165) is 12.5 Å². The zero-order valence-corrected chi connectivity index (χ0v) is 11.2. The number of carbonyl (C=O) groups is 1. The van der Waals surface area contributed by atoms with Crippen LogP contribution in [0.1, 0.15) is 37.3 Å². The number of unbranched alkanes of at least 4 members (excludes halogenated alkanes) is 1. The summed E-state index contributed by atoms with van der Waals surface area (Å²) in [7, 11) is 0. The minimum absolute atomic E-state index is 0.0824. The molecular formula is C14H18F3NO2. The fraction of sp³-hybridized carbons (Fsp3) is 0.500. The number of nitrogens with two attached hydrogens (primary N) is 1. The maximum atomic E-state index is 12.9. The van der Waals surface area contributed by atoms with E-state index in [1.165, 1.54) is 18.2 Å². The van der Waals surface area contributed by atoms with Crippen LogP contribution in [0.2, 0.25) is 0 Å². The van der Waals surface area contributed by atoms with Gasteiger partial charge in [-0.2, -0.15) is 13.2 Å². The van der Waals surface area contributed by atoms with E-state index in [4.69, 9.17) is 5.73 Å². The molecule has 0 saturated heterocycles. The summed E-state index contributed by atoms with van der Waals surface area (Å²) in [5, 5.41) is 9.21. The molecule has 0 unspecified atom stereocenters. The lowest BCUT2D eigenvalue weighted by Gasteiger charge is -2.26. The van der Waals surface area contributed by atoms with E-state index in [9.17, 15) is 23.1 Å². The molecule has 112 valence electrons. The molecule has 3 N–H and O–H groups in total. The molecule has 0 radical (unpaired) electrons. The number of hydrogen-bond acceptors (Lipinski definition) is 2. The molecule has 0 aliphatic rings. The monoisotopic (exact) mass is 289 g/mol. The average Bonchev–Trinajstić information content (AvgIpc) is 2.35. The fourth-order valence-corrected chi connectivity index (χ4v) is 2.05. The van der Waals surface area contributed by atoms with E-state index in [0.29, 0.717) is 6.42 Å². The number of halogens is 3. The number of alkyl halides is 3. The van der Waals surface area contributed by atoms with Gasteiger partial charge in [-0.25, -0.2) is 0 Å². The van der Waals surface area contributed by atoms with Crippen LogP contribution in [0, 0.1) is 0 Å². The molecule has 1 rings (SSSR count). The smallest absolute Gasteiger partial charge is 0.416 e. The summed E-state index contributed by atoms with van der Waals surface area (Å²) in [6.07, 6.45) is -3.42. The zero-order valence-electron chi connectivity index (χ0n) is 11.2. The quantitative estimate of drug-likeness (QED) is 0.845. The third-order valence-electron chi connectivity index (χ3n) is 3.23. The normalized spacial score (nSPS) is 14.8. The van der Waals surface area contributed by atoms with E-state index in [1.807, 2.05) is 6.92 Å². The van der Waals surface area contributed by atoms with Gasteiger partial charge in [0.25, 0.3) is 0 Å². The largest absolute Gasteiger partial charge is 0.480 e. The molecule has 1 aromatic rings. The van der Waals surface area contributed by atoms with E-state index >= 15 is 0 Å². The third kappa shape index (κ3) is 3.96. The minimum Gasteiger partial charge on any atom is -0.480 e. The Hall–Kier alpha value is -1.56. The SMILES string of the molecule is CCCC[C@](N)(Cc1ccccc1C(F)(F)F)C(=O)O. The van der Waals surface area contributed by atoms with Gasteiger partial charge in [0, 0.05) is 6.42 Å². The predicted octanol–water partition coefficient (Wildman–Crippen LogP) is 3.22. The Morgan fingerprint density at radius 1 is 1.30 bits per heavy atom. The number of rotatable bonds is 6. The van der Waals surface area contributed by atoms with Crippen LogP contribution in [0.25, 0.3) is 0 Å². The van der Waals surface area contributed by atoms with Gasteiger partial charge in [-0.3, -0.25) is 4.79 Å². The second-order valence-electron chi connectivity index (χ2n) is 4.90. The van der Waals surface area contributed by atoms with Gasteiger partial charge >= 0.3 is 12.1 Å². The lowest BCUT2D eigenvalue weighted by molar-refractivity contribution is -0.145. The van der Waals surface area contributed by atoms with Crippen molar-refractivity contribution in [3.63, 3.8) is 0 Å². The molecule has 1 aromatic carbocycles. The van der Waals surface area contributed by atoms with Crippen LogP contribution < -0.4 is 5.73 Å². The van der Waals surface area contributed by atoms with E-state index in [1.54, 1.807) is 0 Å². The molecule has 0 saturated carbocycles. The Morgan fingerprint density at radius 3 is 2.40 bits per heavy atom. The van der Waals surface area contributed by atoms with Crippen molar-refractivity contribution in [2.24, 2.45) is 5.73 Å². The standard InChI is InChI=1S/C14H18F3NO2/c1-2-3-8-13(18,12(19)20)9-10-6-4-5-7-11(10)14(15,16)17/h4-7H,2-3,8-9,18H2,1H3,(H,19,20)/t13-/m0/s1. The summed E-state index contributed by atoms with van der Waals surface area (Å²) in [4.78, 5) is 11.3. The highest BCUT2D eigenvalue weighted by Crippen LogP contribution is 2.33. The summed E-state index contributed by atoms with van der Waals surface area (Å²) in [5.41, 5.74) is 3.23. The first-order chi connectivity index (χ1) is 9.20. The van der Waals surface area contributed by atoms with Crippen LogP contribution in [-0.4, -0.2) is 16.6 Å². The van der Waals surface area contributed by atoms with Crippen molar-refractivity contribution in [2.45, 2.75) is 44.3 Å². The van der Waals surface area contributed by atoms with Crippen molar-refractivity contribution < 1.29 is 23.1 Å². The summed E-state index contributed by atoms with van der Waals surface area (Å²) in [6.45, 7) is 1.87. The number of carboxylic acid groups (broad SMARTS) is 1. The van der Waals surface area contributed by atoms with Gasteiger partial charge in [0.15, 0.2) is 0 Å². The summed E-state index contributed by atoms with van der Waals surface area (Å²) in [5.74, 6) is -1.28. The molecule has 0 aromatic heterocycles. The van der Waals surface area contributed by atoms with Crippen LogP contribution >= 0.6 is 0 Å². The summed E-state index contributed by atoms with van der Waals surface area (Å²) < 4.78 is 38.7. The number of carboxylic acids is 1. The lowest BCUT2D eigenvalue weighted by Crippen LogP contribution is -2.50. The van der Waals surface area contributed by atoms with Crippen molar-refractivity contribution in [1.29, 1.82) is 0 Å². The topological polar surface area (TPSA) is 63.3 Å². The Kier molecular flexibility index (Phi) is 5.16. The van der Waals surface area contributed by atoms with Gasteiger partial charge < -0.3 is 10.8 Å². The fourth-order valence-electron chi connectivity index (χ4n) is 2.05. The Bertz CT molecular complexity index is 474. The summed E-state index contributed by atoms with van der Waals surface area (Å²) >= 11 is 0. The minimum atomic E-state index is -4.51. The van der Waals surface area contributed by atoms with Crippen LogP contribution in [-0.2, 0) is 17.4 Å². The predicted molar refractivity (Wildman–Crippen MR) is 69.2 cm³/mol. The Balaban J connectivity index is 3.09. The molecular weight excluding hydrogens is 271 g/mol. The molecule has 0 fully saturated rings. The number of hydrogen-bond donors (Lipinski definition) is 2. The number of aliphatic carboxylic acids is 1. The van der Waals surface area contributed by atoms with Crippen molar-refractivity contribution in [3.8, 4) is 0 Å². The maximum Gasteiger partial charge on any atom is 0.416 e. The molecule has 0 aliphatic carbocycles. The second kappa shape index (κ2) is 6.26. The molecule has 1 atom stereocenters. The van der Waals surface area contributed by atoms with E-state index in [2.05, 4.69) is 0 Å². The third-order valence-corrected chi connectivity index (χ3v) is 3.23. The first-order valence-electron chi connectivity index (χ1n) is 6.38. The van der Waals surface area contributed by atoms with Gasteiger partial charge in [-0.1, -0.05) is 38.0 Å². The van der Waals surface area contributed by atoms with E-state index < -0.39 is 23.2 Å². The molecule has 6 heteroatoms. The van der Waals surface area contributed by atoms with Crippen molar-refractivity contribution in [3.05, 3.63) is 35.4 Å². The van der Waals surface area contributed by atoms with Gasteiger partial charge in [-0.15, -0.1) is 0 Å². The van der Waals surface area contributed by atoms with Crippen LogP contribution in [0.15, 0.2) is 24.3 Å². The molecule has 0 bridgehead atoms. The first-order valence-corrected chi connectivity index (χ1v) is 6.38. The van der Waals surface area contributed by atoms with Crippen LogP contribution in [0.4, 0.5) is 13.2 Å². The molecule has 0 heterocycles. The number of benzene rings is 1. The molecule has 0 amide bonds. The van der Waals surface area contributed by atoms with Crippen molar-refractivity contribution in [1.82, 2.24) is 0 Å². The van der Waals surface area contributed by atoms with Crippen molar-refractivity contribution in [2.75, 3.05) is 0 Å².